The number of aliphatic imine (C=N–C) groups is 1. The molecule has 3 rings (SSSR count). The van der Waals surface area contributed by atoms with E-state index in [1.54, 1.807) is 6.07 Å². The van der Waals surface area contributed by atoms with Crippen LogP contribution in [0.25, 0.3) is 11.1 Å². The van der Waals surface area contributed by atoms with Crippen LogP contribution in [0.5, 0.6) is 11.5 Å². The zero-order chi connectivity index (χ0) is 42.3. The summed E-state index contributed by atoms with van der Waals surface area (Å²) in [5.41, 5.74) is 19.1. The van der Waals surface area contributed by atoms with Crippen LogP contribution < -0.4 is 42.6 Å². The number of nitrogens with zero attached hydrogens (tertiary/aromatic N) is 1. The summed E-state index contributed by atoms with van der Waals surface area (Å²) >= 11 is 0. The maximum atomic E-state index is 13.9. The molecule has 3 atom stereocenters. The number of benzene rings is 3. The quantitative estimate of drug-likeness (QED) is 0.0260. The van der Waals surface area contributed by atoms with E-state index in [0.717, 1.165) is 23.1 Å². The number of ether oxygens (including phenoxy) is 3. The molecule has 0 radical (unpaired) electrons. The van der Waals surface area contributed by atoms with Gasteiger partial charge in [0, 0.05) is 17.7 Å². The van der Waals surface area contributed by atoms with E-state index >= 15 is 0 Å². The topological polar surface area (TPSA) is 222 Å². The van der Waals surface area contributed by atoms with Crippen LogP contribution in [0.4, 0.5) is 0 Å². The van der Waals surface area contributed by atoms with Gasteiger partial charge in [0.2, 0.25) is 11.8 Å². The number of hydrogen-bond donors (Lipinski definition) is 6. The van der Waals surface area contributed by atoms with E-state index in [2.05, 4.69) is 34.8 Å². The average Bonchev–Trinajstić information content (AvgIpc) is 3.20. The highest BCUT2D eigenvalue weighted by Crippen LogP contribution is 2.36. The maximum absolute atomic E-state index is 13.9. The Morgan fingerprint density at radius 2 is 1.20 bits per heavy atom. The Hall–Kier alpha value is -5.05. The first-order valence-electron chi connectivity index (χ1n) is 20.2. The molecule has 3 aromatic rings. The molecule has 0 fully saturated rings. The Morgan fingerprint density at radius 3 is 1.78 bits per heavy atom. The second-order valence-electron chi connectivity index (χ2n) is 15.0. The molecule has 0 aliphatic heterocycles. The molecule has 332 valence electrons. The van der Waals surface area contributed by atoms with Crippen LogP contribution in [0.1, 0.15) is 78.2 Å². The zero-order valence-electron chi connectivity index (χ0n) is 35.2. The fourth-order valence-corrected chi connectivity index (χ4v) is 6.01. The Kier molecular flexibility index (Phi) is 25.8. The molecule has 0 spiro atoms. The van der Waals surface area contributed by atoms with Gasteiger partial charge in [-0.15, -0.1) is 24.8 Å². The van der Waals surface area contributed by atoms with Crippen molar-refractivity contribution in [1.82, 2.24) is 16.0 Å². The molecule has 0 aliphatic rings. The van der Waals surface area contributed by atoms with Gasteiger partial charge in [-0.2, -0.15) is 0 Å². The monoisotopic (exact) mass is 873 g/mol. The summed E-state index contributed by atoms with van der Waals surface area (Å²) in [5, 5.41) is 8.41. The summed E-state index contributed by atoms with van der Waals surface area (Å²) < 4.78 is 17.7. The van der Waals surface area contributed by atoms with Gasteiger partial charge in [-0.05, 0) is 81.0 Å². The first-order valence-corrected chi connectivity index (χ1v) is 20.2. The van der Waals surface area contributed by atoms with E-state index in [4.69, 9.17) is 31.4 Å². The lowest BCUT2D eigenvalue weighted by molar-refractivity contribution is -0.150. The predicted molar refractivity (Wildman–Crippen MR) is 241 cm³/mol. The molecule has 3 amide bonds. The second-order valence-corrected chi connectivity index (χ2v) is 15.0. The normalized spacial score (nSPS) is 12.1. The summed E-state index contributed by atoms with van der Waals surface area (Å²) in [6.07, 6.45) is 3.12. The van der Waals surface area contributed by atoms with E-state index in [1.807, 2.05) is 86.6 Å². The highest BCUT2D eigenvalue weighted by atomic mass is 35.5. The number of unbranched alkanes of at least 4 members (excludes halogenated alkanes) is 1. The molecule has 60 heavy (non-hydrogen) atoms. The zero-order valence-corrected chi connectivity index (χ0v) is 36.9. The Bertz CT molecular complexity index is 1760. The Morgan fingerprint density at radius 1 is 0.650 bits per heavy atom. The first kappa shape index (κ1) is 53.0. The SMILES string of the molecule is CC(C)CCOc1ccccc1-c1ccccc1OCC(=O)N[C@H](CCCCN)C(=O)N[C@H](CCCN=C(N)N)C(=O)N[C@@H](CC(C)C)C(=O)OCc1ccccc1.Cl.Cl. The van der Waals surface area contributed by atoms with Crippen molar-refractivity contribution in [3.05, 3.63) is 84.4 Å². The van der Waals surface area contributed by atoms with Crippen LogP contribution >= 0.6 is 24.8 Å². The van der Waals surface area contributed by atoms with E-state index < -0.39 is 41.8 Å². The molecule has 0 heterocycles. The third kappa shape index (κ3) is 19.8. The third-order valence-corrected chi connectivity index (χ3v) is 9.08. The Labute approximate surface area is 367 Å². The van der Waals surface area contributed by atoms with Gasteiger partial charge in [0.15, 0.2) is 12.6 Å². The minimum atomic E-state index is -1.09. The average molecular weight is 875 g/mol. The summed E-state index contributed by atoms with van der Waals surface area (Å²) in [5.74, 6) is -0.677. The molecule has 3 aromatic carbocycles. The lowest BCUT2D eigenvalue weighted by Crippen LogP contribution is -2.56. The fraction of sp³-hybridized carbons (Fsp3) is 0.477. The largest absolute Gasteiger partial charge is 0.493 e. The van der Waals surface area contributed by atoms with Crippen molar-refractivity contribution in [3.63, 3.8) is 0 Å². The predicted octanol–water partition coefficient (Wildman–Crippen LogP) is 5.43. The van der Waals surface area contributed by atoms with Crippen molar-refractivity contribution in [3.8, 4) is 22.6 Å². The number of nitrogens with one attached hydrogen (secondary N) is 3. The minimum absolute atomic E-state index is 0. The summed E-state index contributed by atoms with van der Waals surface area (Å²) in [4.78, 5) is 58.4. The van der Waals surface area contributed by atoms with Crippen molar-refractivity contribution in [2.45, 2.75) is 97.4 Å². The van der Waals surface area contributed by atoms with Gasteiger partial charge in [-0.3, -0.25) is 19.4 Å². The molecule has 16 heteroatoms. The summed E-state index contributed by atoms with van der Waals surface area (Å²) in [6.45, 7) is 8.97. The van der Waals surface area contributed by atoms with Gasteiger partial charge in [0.25, 0.3) is 5.91 Å². The van der Waals surface area contributed by atoms with Gasteiger partial charge in [-0.25, -0.2) is 4.79 Å². The number of para-hydroxylation sites is 2. The van der Waals surface area contributed by atoms with E-state index in [-0.39, 0.29) is 69.3 Å². The van der Waals surface area contributed by atoms with Crippen LogP contribution in [0.2, 0.25) is 0 Å². The number of halogens is 2. The van der Waals surface area contributed by atoms with Crippen molar-refractivity contribution in [2.24, 2.45) is 34.0 Å². The number of hydrogen-bond acceptors (Lipinski definition) is 9. The summed E-state index contributed by atoms with van der Waals surface area (Å²) in [7, 11) is 0. The molecule has 0 saturated carbocycles. The molecular formula is C44H65Cl2N7O7. The lowest BCUT2D eigenvalue weighted by Gasteiger charge is -2.26. The third-order valence-electron chi connectivity index (χ3n) is 9.08. The number of carbonyl (C=O) groups excluding carboxylic acids is 4. The molecule has 0 aromatic heterocycles. The van der Waals surface area contributed by atoms with Gasteiger partial charge in [-0.1, -0.05) is 94.4 Å². The summed E-state index contributed by atoms with van der Waals surface area (Å²) in [6, 6.07) is 21.2. The van der Waals surface area contributed by atoms with Crippen molar-refractivity contribution in [1.29, 1.82) is 0 Å². The smallest absolute Gasteiger partial charge is 0.328 e. The molecule has 0 bridgehead atoms. The number of guanidine groups is 1. The molecular weight excluding hydrogens is 809 g/mol. The Balaban J connectivity index is 0.00000900. The van der Waals surface area contributed by atoms with Crippen molar-refractivity contribution >= 4 is 54.5 Å². The molecule has 9 N–H and O–H groups in total. The highest BCUT2D eigenvalue weighted by Gasteiger charge is 2.30. The minimum Gasteiger partial charge on any atom is -0.493 e. The number of carbonyl (C=O) groups is 4. The van der Waals surface area contributed by atoms with E-state index in [9.17, 15) is 19.2 Å². The van der Waals surface area contributed by atoms with Crippen LogP contribution in [-0.2, 0) is 30.5 Å². The van der Waals surface area contributed by atoms with E-state index in [0.29, 0.717) is 56.3 Å². The highest BCUT2D eigenvalue weighted by molar-refractivity contribution is 5.94. The fourth-order valence-electron chi connectivity index (χ4n) is 6.01. The molecule has 0 unspecified atom stereocenters. The number of amides is 3. The van der Waals surface area contributed by atoms with Gasteiger partial charge in [0.05, 0.1) is 6.61 Å². The van der Waals surface area contributed by atoms with Crippen molar-refractivity contribution < 1.29 is 33.4 Å². The van der Waals surface area contributed by atoms with Gasteiger partial charge >= 0.3 is 5.97 Å². The second kappa shape index (κ2) is 29.2. The standard InChI is InChI=1S/C44H63N7O7.2ClH/c1-30(2)23-26-56-38-21-10-8-17-33(38)34-18-9-11-22-39(34)57-29-40(52)49-35(19-12-13-24-45)41(53)50-36(20-14-25-48-44(46)47)42(54)51-37(27-31(3)4)43(55)58-28-32-15-6-5-7-16-32;;/h5-11,15-18,21-22,30-31,35-37H,12-14,19-20,23-29,45H2,1-4H3,(H,49,52)(H,50,53)(H,51,54)(H4,46,47,48);2*1H/t35-,36-,37+;;/m1../s1. The van der Waals surface area contributed by atoms with Crippen LogP contribution in [-0.4, -0.2) is 74.1 Å². The van der Waals surface area contributed by atoms with Crippen molar-refractivity contribution in [2.75, 3.05) is 26.3 Å². The van der Waals surface area contributed by atoms with Crippen LogP contribution in [0.15, 0.2) is 83.9 Å². The van der Waals surface area contributed by atoms with Gasteiger partial charge in [0.1, 0.15) is 36.2 Å². The lowest BCUT2D eigenvalue weighted by atomic mass is 10.0. The molecule has 0 aliphatic carbocycles. The van der Waals surface area contributed by atoms with Crippen LogP contribution in [0, 0.1) is 11.8 Å². The van der Waals surface area contributed by atoms with Gasteiger partial charge < -0.3 is 47.4 Å². The maximum Gasteiger partial charge on any atom is 0.328 e. The number of nitrogens with two attached hydrogens (primary N) is 3. The number of esters is 1. The molecule has 0 saturated heterocycles. The first-order chi connectivity index (χ1) is 27.9. The van der Waals surface area contributed by atoms with Crippen LogP contribution in [0.3, 0.4) is 0 Å². The number of rotatable bonds is 26. The molecule has 14 nitrogen and oxygen atoms in total. The van der Waals surface area contributed by atoms with E-state index in [1.165, 1.54) is 0 Å².